The zero-order valence-electron chi connectivity index (χ0n) is 19.2. The number of anilines is 1. The summed E-state index contributed by atoms with van der Waals surface area (Å²) in [6.07, 6.45) is 1.30. The first kappa shape index (κ1) is 20.7. The smallest absolute Gasteiger partial charge is 0.258 e. The quantitative estimate of drug-likeness (QED) is 0.446. The van der Waals surface area contributed by atoms with Crippen molar-refractivity contribution in [3.05, 3.63) is 83.6 Å². The molecule has 0 saturated heterocycles. The minimum atomic E-state index is -0.459. The number of hydrogen-bond donors (Lipinski definition) is 2. The summed E-state index contributed by atoms with van der Waals surface area (Å²) in [4.78, 5) is 15.6. The van der Waals surface area contributed by atoms with Crippen LogP contribution in [0.3, 0.4) is 0 Å². The third kappa shape index (κ3) is 3.39. The summed E-state index contributed by atoms with van der Waals surface area (Å²) in [6, 6.07) is 19.1. The SMILES string of the molecule is O=C1c2ccccc2N[C@H](c2cn[nH]c2-c2ccc3c(c2)OCCO3)N1Cc1ccc2c(c1)OCO2. The van der Waals surface area contributed by atoms with Gasteiger partial charge in [-0.3, -0.25) is 9.89 Å². The van der Waals surface area contributed by atoms with Gasteiger partial charge in [0.05, 0.1) is 17.5 Å². The number of H-pyrrole nitrogens is 1. The summed E-state index contributed by atoms with van der Waals surface area (Å²) in [5, 5.41) is 11.0. The lowest BCUT2D eigenvalue weighted by Crippen LogP contribution is -2.42. The zero-order valence-corrected chi connectivity index (χ0v) is 19.2. The summed E-state index contributed by atoms with van der Waals surface area (Å²) in [5.41, 5.74) is 4.87. The Morgan fingerprint density at radius 3 is 2.61 bits per heavy atom. The Morgan fingerprint density at radius 1 is 0.889 bits per heavy atom. The van der Waals surface area contributed by atoms with Crippen molar-refractivity contribution in [3.63, 3.8) is 0 Å². The standard InChI is InChI=1S/C27H22N4O5/c32-27-18-3-1-2-4-20(18)29-26(31(27)14-16-5-7-22-23(11-16)36-15-35-22)19-13-28-30-25(19)17-6-8-21-24(12-17)34-10-9-33-21/h1-8,11-13,26,29H,9-10,14-15H2,(H,28,30)/t26-/m0/s1. The van der Waals surface area contributed by atoms with Crippen molar-refractivity contribution in [3.8, 4) is 34.3 Å². The van der Waals surface area contributed by atoms with Gasteiger partial charge < -0.3 is 29.2 Å². The van der Waals surface area contributed by atoms with Gasteiger partial charge in [-0.2, -0.15) is 5.10 Å². The molecule has 2 N–H and O–H groups in total. The van der Waals surface area contributed by atoms with Gasteiger partial charge >= 0.3 is 0 Å². The molecule has 7 rings (SSSR count). The predicted octanol–water partition coefficient (Wildman–Crippen LogP) is 4.34. The second-order valence-electron chi connectivity index (χ2n) is 8.77. The molecule has 3 aliphatic heterocycles. The van der Waals surface area contributed by atoms with Crippen molar-refractivity contribution in [2.45, 2.75) is 12.7 Å². The predicted molar refractivity (Wildman–Crippen MR) is 130 cm³/mol. The molecule has 0 spiro atoms. The number of fused-ring (bicyclic) bond motifs is 3. The van der Waals surface area contributed by atoms with Crippen LogP contribution in [0.1, 0.15) is 27.7 Å². The molecule has 0 bridgehead atoms. The number of nitrogens with zero attached hydrogens (tertiary/aromatic N) is 2. The highest BCUT2D eigenvalue weighted by atomic mass is 16.7. The summed E-state index contributed by atoms with van der Waals surface area (Å²) >= 11 is 0. The molecule has 36 heavy (non-hydrogen) atoms. The molecule has 9 heteroatoms. The van der Waals surface area contributed by atoms with Crippen LogP contribution in [-0.2, 0) is 6.54 Å². The van der Waals surface area contributed by atoms with Gasteiger partial charge in [0.25, 0.3) is 5.91 Å². The number of para-hydroxylation sites is 1. The van der Waals surface area contributed by atoms with Crippen LogP contribution < -0.4 is 24.3 Å². The lowest BCUT2D eigenvalue weighted by atomic mass is 10.00. The van der Waals surface area contributed by atoms with E-state index in [2.05, 4.69) is 15.5 Å². The van der Waals surface area contributed by atoms with E-state index in [1.54, 1.807) is 6.20 Å². The number of aromatic amines is 1. The maximum atomic E-state index is 13.8. The third-order valence-corrected chi connectivity index (χ3v) is 6.61. The first-order valence-corrected chi connectivity index (χ1v) is 11.7. The van der Waals surface area contributed by atoms with Gasteiger partial charge in [-0.1, -0.05) is 18.2 Å². The second-order valence-corrected chi connectivity index (χ2v) is 8.77. The number of aromatic nitrogens is 2. The van der Waals surface area contributed by atoms with Crippen LogP contribution in [0.5, 0.6) is 23.0 Å². The molecule has 4 heterocycles. The van der Waals surface area contributed by atoms with Gasteiger partial charge in [0, 0.05) is 23.4 Å². The Kier molecular flexibility index (Phi) is 4.73. The summed E-state index contributed by atoms with van der Waals surface area (Å²) in [5.74, 6) is 2.73. The Morgan fingerprint density at radius 2 is 1.67 bits per heavy atom. The fraction of sp³-hybridized carbons (Fsp3) is 0.185. The highest BCUT2D eigenvalue weighted by Crippen LogP contribution is 2.41. The maximum Gasteiger partial charge on any atom is 0.258 e. The highest BCUT2D eigenvalue weighted by molar-refractivity contribution is 6.01. The van der Waals surface area contributed by atoms with Gasteiger partial charge in [0.2, 0.25) is 6.79 Å². The van der Waals surface area contributed by atoms with Crippen LogP contribution in [0.15, 0.2) is 66.9 Å². The normalized spacial score (nSPS) is 17.5. The summed E-state index contributed by atoms with van der Waals surface area (Å²) in [6.45, 7) is 1.61. The van der Waals surface area contributed by atoms with Crippen molar-refractivity contribution in [2.24, 2.45) is 0 Å². The molecule has 1 atom stereocenters. The van der Waals surface area contributed by atoms with Gasteiger partial charge in [-0.25, -0.2) is 0 Å². The number of carbonyl (C=O) groups is 1. The van der Waals surface area contributed by atoms with Crippen LogP contribution in [0.4, 0.5) is 5.69 Å². The Labute approximate surface area is 206 Å². The molecule has 0 aliphatic carbocycles. The van der Waals surface area contributed by atoms with E-state index in [9.17, 15) is 4.79 Å². The zero-order chi connectivity index (χ0) is 24.1. The van der Waals surface area contributed by atoms with E-state index in [0.717, 1.165) is 33.8 Å². The molecule has 0 fully saturated rings. The summed E-state index contributed by atoms with van der Waals surface area (Å²) in [7, 11) is 0. The number of nitrogens with one attached hydrogen (secondary N) is 2. The van der Waals surface area contributed by atoms with E-state index in [1.165, 1.54) is 0 Å². The molecule has 4 aromatic rings. The van der Waals surface area contributed by atoms with Gasteiger partial charge in [0.15, 0.2) is 23.0 Å². The molecular formula is C27H22N4O5. The van der Waals surface area contributed by atoms with E-state index in [4.69, 9.17) is 18.9 Å². The molecule has 3 aliphatic rings. The number of carbonyl (C=O) groups excluding carboxylic acids is 1. The lowest BCUT2D eigenvalue weighted by molar-refractivity contribution is 0.0667. The van der Waals surface area contributed by atoms with Gasteiger partial charge in [0.1, 0.15) is 19.4 Å². The Balaban J connectivity index is 1.29. The number of hydrogen-bond acceptors (Lipinski definition) is 7. The van der Waals surface area contributed by atoms with Crippen LogP contribution in [0.2, 0.25) is 0 Å². The van der Waals surface area contributed by atoms with Crippen molar-refractivity contribution < 1.29 is 23.7 Å². The van der Waals surface area contributed by atoms with E-state index in [1.807, 2.05) is 65.6 Å². The first-order valence-electron chi connectivity index (χ1n) is 11.7. The molecule has 9 nitrogen and oxygen atoms in total. The number of rotatable bonds is 4. The molecule has 3 aromatic carbocycles. The van der Waals surface area contributed by atoms with Crippen LogP contribution in [0.25, 0.3) is 11.3 Å². The topological polar surface area (TPSA) is 97.9 Å². The number of amides is 1. The molecule has 0 unspecified atom stereocenters. The monoisotopic (exact) mass is 482 g/mol. The van der Waals surface area contributed by atoms with Crippen molar-refractivity contribution in [1.82, 2.24) is 15.1 Å². The largest absolute Gasteiger partial charge is 0.486 e. The highest BCUT2D eigenvalue weighted by Gasteiger charge is 2.35. The molecule has 0 saturated carbocycles. The van der Waals surface area contributed by atoms with E-state index in [0.29, 0.717) is 42.6 Å². The Hall–Kier alpha value is -4.66. The van der Waals surface area contributed by atoms with E-state index < -0.39 is 6.17 Å². The van der Waals surface area contributed by atoms with Crippen molar-refractivity contribution >= 4 is 11.6 Å². The molecule has 1 aromatic heterocycles. The van der Waals surface area contributed by atoms with Gasteiger partial charge in [-0.05, 0) is 48.0 Å². The van der Waals surface area contributed by atoms with E-state index in [-0.39, 0.29) is 12.7 Å². The third-order valence-electron chi connectivity index (χ3n) is 6.61. The van der Waals surface area contributed by atoms with Crippen LogP contribution >= 0.6 is 0 Å². The lowest BCUT2D eigenvalue weighted by Gasteiger charge is -2.38. The maximum absolute atomic E-state index is 13.8. The van der Waals surface area contributed by atoms with Crippen molar-refractivity contribution in [1.29, 1.82) is 0 Å². The average molecular weight is 482 g/mol. The average Bonchev–Trinajstić information content (AvgIpc) is 3.59. The first-order chi connectivity index (χ1) is 17.7. The minimum Gasteiger partial charge on any atom is -0.486 e. The van der Waals surface area contributed by atoms with Gasteiger partial charge in [-0.15, -0.1) is 0 Å². The number of ether oxygens (including phenoxy) is 4. The second kappa shape index (κ2) is 8.23. The summed E-state index contributed by atoms with van der Waals surface area (Å²) < 4.78 is 22.5. The molecule has 180 valence electrons. The van der Waals surface area contributed by atoms with Crippen LogP contribution in [-0.4, -0.2) is 41.0 Å². The Bertz CT molecular complexity index is 1480. The number of benzene rings is 3. The fourth-order valence-corrected chi connectivity index (χ4v) is 4.87. The minimum absolute atomic E-state index is 0.0682. The molecule has 0 radical (unpaired) electrons. The molecular weight excluding hydrogens is 460 g/mol. The fourth-order valence-electron chi connectivity index (χ4n) is 4.87. The van der Waals surface area contributed by atoms with E-state index >= 15 is 0 Å². The molecule has 1 amide bonds. The van der Waals surface area contributed by atoms with Crippen LogP contribution in [0, 0.1) is 0 Å². The van der Waals surface area contributed by atoms with Crippen molar-refractivity contribution in [2.75, 3.05) is 25.3 Å².